The van der Waals surface area contributed by atoms with Crippen LogP contribution in [0.4, 0.5) is 0 Å². The molecule has 0 unspecified atom stereocenters. The molecule has 0 fully saturated rings. The molecule has 4 aromatic rings. The summed E-state index contributed by atoms with van der Waals surface area (Å²) in [4.78, 5) is 2.28. The lowest BCUT2D eigenvalue weighted by Crippen LogP contribution is -2.28. The highest BCUT2D eigenvalue weighted by Crippen LogP contribution is 2.23. The number of aliphatic hydroxyl groups excluding tert-OH is 1. The Morgan fingerprint density at radius 1 is 0.694 bits per heavy atom. The van der Waals surface area contributed by atoms with Gasteiger partial charge in [-0.2, -0.15) is 0 Å². The Bertz CT molecular complexity index is 1110. The molecular formula is C32H35NO3. The van der Waals surface area contributed by atoms with E-state index in [2.05, 4.69) is 65.6 Å². The highest BCUT2D eigenvalue weighted by Gasteiger charge is 2.16. The second-order valence-electron chi connectivity index (χ2n) is 9.16. The fourth-order valence-electron chi connectivity index (χ4n) is 4.20. The molecule has 4 aromatic carbocycles. The van der Waals surface area contributed by atoms with E-state index in [0.717, 1.165) is 30.0 Å². The van der Waals surface area contributed by atoms with Gasteiger partial charge >= 0.3 is 0 Å². The molecule has 0 aliphatic rings. The van der Waals surface area contributed by atoms with Gasteiger partial charge in [0.2, 0.25) is 0 Å². The van der Waals surface area contributed by atoms with Gasteiger partial charge < -0.3 is 14.6 Å². The first kappa shape index (κ1) is 25.6. The van der Waals surface area contributed by atoms with Gasteiger partial charge in [0.05, 0.1) is 19.3 Å². The SMILES string of the molecule is C[C@@H](COCc1ccccc1)Oc1cccc([C@H](O)CN(Cc2ccccc2)Cc2ccccc2)c1. The summed E-state index contributed by atoms with van der Waals surface area (Å²) in [6.07, 6.45) is -0.737. The number of ether oxygens (including phenoxy) is 2. The van der Waals surface area contributed by atoms with Crippen molar-refractivity contribution in [2.45, 2.75) is 38.8 Å². The highest BCUT2D eigenvalue weighted by atomic mass is 16.5. The maximum Gasteiger partial charge on any atom is 0.120 e. The van der Waals surface area contributed by atoms with Gasteiger partial charge in [0.1, 0.15) is 11.9 Å². The molecule has 0 bridgehead atoms. The zero-order chi connectivity index (χ0) is 25.0. The van der Waals surface area contributed by atoms with E-state index in [1.165, 1.54) is 11.1 Å². The predicted molar refractivity (Wildman–Crippen MR) is 145 cm³/mol. The summed E-state index contributed by atoms with van der Waals surface area (Å²) < 4.78 is 11.9. The van der Waals surface area contributed by atoms with E-state index in [1.807, 2.05) is 61.5 Å². The fraction of sp³-hybridized carbons (Fsp3) is 0.250. The van der Waals surface area contributed by atoms with E-state index in [-0.39, 0.29) is 6.10 Å². The Morgan fingerprint density at radius 3 is 1.83 bits per heavy atom. The lowest BCUT2D eigenvalue weighted by Gasteiger charge is -2.26. The standard InChI is InChI=1S/C32H35NO3/c1-26(24-35-25-29-16-9-4-10-17-29)36-31-19-11-18-30(20-31)32(34)23-33(21-27-12-5-2-6-13-27)22-28-14-7-3-8-15-28/h2-20,26,32,34H,21-25H2,1H3/t26-,32+/m0/s1. The van der Waals surface area contributed by atoms with Gasteiger partial charge in [0.15, 0.2) is 0 Å². The molecule has 4 heteroatoms. The molecule has 0 heterocycles. The largest absolute Gasteiger partial charge is 0.488 e. The van der Waals surface area contributed by atoms with Crippen LogP contribution in [0.5, 0.6) is 5.75 Å². The van der Waals surface area contributed by atoms with E-state index in [0.29, 0.717) is 19.8 Å². The molecule has 4 nitrogen and oxygen atoms in total. The molecule has 0 saturated carbocycles. The second-order valence-corrected chi connectivity index (χ2v) is 9.16. The smallest absolute Gasteiger partial charge is 0.120 e. The average Bonchev–Trinajstić information content (AvgIpc) is 2.90. The number of hydrogen-bond acceptors (Lipinski definition) is 4. The molecule has 4 rings (SSSR count). The van der Waals surface area contributed by atoms with Crippen molar-refractivity contribution in [1.82, 2.24) is 4.90 Å². The van der Waals surface area contributed by atoms with Gasteiger partial charge in [0.25, 0.3) is 0 Å². The van der Waals surface area contributed by atoms with Gasteiger partial charge in [-0.15, -0.1) is 0 Å². The van der Waals surface area contributed by atoms with Crippen LogP contribution in [0.15, 0.2) is 115 Å². The topological polar surface area (TPSA) is 41.9 Å². The number of benzene rings is 4. The van der Waals surface area contributed by atoms with Gasteiger partial charge in [0, 0.05) is 19.6 Å². The van der Waals surface area contributed by atoms with Crippen molar-refractivity contribution in [3.63, 3.8) is 0 Å². The molecule has 0 aliphatic heterocycles. The lowest BCUT2D eigenvalue weighted by molar-refractivity contribution is 0.0490. The summed E-state index contributed by atoms with van der Waals surface area (Å²) in [6.45, 7) is 5.09. The maximum atomic E-state index is 11.2. The second kappa shape index (κ2) is 13.6. The van der Waals surface area contributed by atoms with Gasteiger partial charge in [-0.1, -0.05) is 103 Å². The van der Waals surface area contributed by atoms with Crippen LogP contribution in [-0.2, 0) is 24.4 Å². The summed E-state index contributed by atoms with van der Waals surface area (Å²) in [5, 5.41) is 11.2. The Balaban J connectivity index is 1.35. The summed E-state index contributed by atoms with van der Waals surface area (Å²) in [7, 11) is 0. The third kappa shape index (κ3) is 8.35. The van der Waals surface area contributed by atoms with Crippen molar-refractivity contribution >= 4 is 0 Å². The Morgan fingerprint density at radius 2 is 1.25 bits per heavy atom. The lowest BCUT2D eigenvalue weighted by atomic mass is 10.1. The zero-order valence-corrected chi connectivity index (χ0v) is 20.9. The molecule has 0 amide bonds. The molecule has 0 aliphatic carbocycles. The third-order valence-corrected chi connectivity index (χ3v) is 5.97. The van der Waals surface area contributed by atoms with Crippen LogP contribution >= 0.6 is 0 Å². The Kier molecular flexibility index (Phi) is 9.69. The minimum Gasteiger partial charge on any atom is -0.488 e. The molecule has 36 heavy (non-hydrogen) atoms. The number of nitrogens with zero attached hydrogens (tertiary/aromatic N) is 1. The van der Waals surface area contributed by atoms with Crippen LogP contribution in [0.3, 0.4) is 0 Å². The maximum absolute atomic E-state index is 11.2. The van der Waals surface area contributed by atoms with Crippen molar-refractivity contribution in [1.29, 1.82) is 0 Å². The minimum atomic E-state index is -0.634. The Labute approximate surface area is 214 Å². The first-order valence-electron chi connectivity index (χ1n) is 12.5. The first-order valence-corrected chi connectivity index (χ1v) is 12.5. The van der Waals surface area contributed by atoms with Crippen LogP contribution in [0.25, 0.3) is 0 Å². The summed E-state index contributed by atoms with van der Waals surface area (Å²) >= 11 is 0. The summed E-state index contributed by atoms with van der Waals surface area (Å²) in [5.74, 6) is 0.736. The van der Waals surface area contributed by atoms with Crippen LogP contribution in [0, 0.1) is 0 Å². The molecule has 1 N–H and O–H groups in total. The van der Waals surface area contributed by atoms with Crippen molar-refractivity contribution in [2.75, 3.05) is 13.2 Å². The van der Waals surface area contributed by atoms with E-state index in [1.54, 1.807) is 0 Å². The fourth-order valence-corrected chi connectivity index (χ4v) is 4.20. The molecule has 2 atom stereocenters. The van der Waals surface area contributed by atoms with E-state index in [9.17, 15) is 5.11 Å². The third-order valence-electron chi connectivity index (χ3n) is 5.97. The van der Waals surface area contributed by atoms with Gasteiger partial charge in [-0.25, -0.2) is 0 Å². The number of aliphatic hydroxyl groups is 1. The van der Waals surface area contributed by atoms with Crippen molar-refractivity contribution < 1.29 is 14.6 Å². The molecule has 0 aromatic heterocycles. The molecule has 186 valence electrons. The van der Waals surface area contributed by atoms with E-state index < -0.39 is 6.10 Å². The normalized spacial score (nSPS) is 12.9. The predicted octanol–water partition coefficient (Wildman–Crippen LogP) is 6.41. The summed E-state index contributed by atoms with van der Waals surface area (Å²) in [6, 6.07) is 38.6. The monoisotopic (exact) mass is 481 g/mol. The van der Waals surface area contributed by atoms with Crippen LogP contribution in [0.1, 0.15) is 35.3 Å². The van der Waals surface area contributed by atoms with Gasteiger partial charge in [-0.05, 0) is 41.3 Å². The highest BCUT2D eigenvalue weighted by molar-refractivity contribution is 5.30. The molecule has 0 radical (unpaired) electrons. The minimum absolute atomic E-state index is 0.103. The van der Waals surface area contributed by atoms with Crippen LogP contribution in [0.2, 0.25) is 0 Å². The van der Waals surface area contributed by atoms with E-state index in [4.69, 9.17) is 9.47 Å². The van der Waals surface area contributed by atoms with Gasteiger partial charge in [-0.3, -0.25) is 4.90 Å². The number of hydrogen-bond donors (Lipinski definition) is 1. The van der Waals surface area contributed by atoms with Crippen molar-refractivity contribution in [3.05, 3.63) is 138 Å². The molecular weight excluding hydrogens is 446 g/mol. The van der Waals surface area contributed by atoms with E-state index >= 15 is 0 Å². The molecule has 0 saturated heterocycles. The van der Waals surface area contributed by atoms with Crippen LogP contribution < -0.4 is 4.74 Å². The van der Waals surface area contributed by atoms with Crippen molar-refractivity contribution in [2.24, 2.45) is 0 Å². The van der Waals surface area contributed by atoms with Crippen molar-refractivity contribution in [3.8, 4) is 5.75 Å². The molecule has 0 spiro atoms. The summed E-state index contributed by atoms with van der Waals surface area (Å²) in [5.41, 5.74) is 4.44. The quantitative estimate of drug-likeness (QED) is 0.240. The average molecular weight is 482 g/mol. The van der Waals surface area contributed by atoms with Crippen LogP contribution in [-0.4, -0.2) is 29.3 Å². The zero-order valence-electron chi connectivity index (χ0n) is 20.9. The Hall–Kier alpha value is -3.44. The first-order chi connectivity index (χ1) is 17.7. The number of rotatable bonds is 13.